The van der Waals surface area contributed by atoms with Crippen LogP contribution in [0.25, 0.3) is 0 Å². The highest BCUT2D eigenvalue weighted by Gasteiger charge is 2.23. The molecule has 0 bridgehead atoms. The monoisotopic (exact) mass is 258 g/mol. The van der Waals surface area contributed by atoms with Crippen LogP contribution in [0, 0.1) is 0 Å². The van der Waals surface area contributed by atoms with Crippen LogP contribution in [-0.2, 0) is 14.4 Å². The summed E-state index contributed by atoms with van der Waals surface area (Å²) < 4.78 is 0. The molecule has 0 aromatic rings. The molecule has 0 radical (unpaired) electrons. The van der Waals surface area contributed by atoms with E-state index in [1.807, 2.05) is 19.0 Å². The highest BCUT2D eigenvalue weighted by atomic mass is 16.2. The Morgan fingerprint density at radius 1 is 1.17 bits per heavy atom. The van der Waals surface area contributed by atoms with Crippen LogP contribution in [-0.4, -0.2) is 67.8 Å². The molecule has 0 rings (SSSR count). The van der Waals surface area contributed by atoms with Gasteiger partial charge in [-0.1, -0.05) is 0 Å². The molecule has 0 aliphatic carbocycles. The van der Waals surface area contributed by atoms with E-state index in [1.165, 1.54) is 6.92 Å². The van der Waals surface area contributed by atoms with Crippen LogP contribution in [0.2, 0.25) is 0 Å². The van der Waals surface area contributed by atoms with Crippen molar-refractivity contribution in [1.29, 1.82) is 0 Å². The zero-order valence-corrected chi connectivity index (χ0v) is 11.2. The molecule has 0 heterocycles. The summed E-state index contributed by atoms with van der Waals surface area (Å²) >= 11 is 0. The van der Waals surface area contributed by atoms with E-state index in [4.69, 9.17) is 5.73 Å². The van der Waals surface area contributed by atoms with Crippen molar-refractivity contribution in [3.8, 4) is 0 Å². The van der Waals surface area contributed by atoms with Gasteiger partial charge in [0.1, 0.15) is 0 Å². The summed E-state index contributed by atoms with van der Waals surface area (Å²) in [7, 11) is 3.84. The van der Waals surface area contributed by atoms with Gasteiger partial charge in [-0.15, -0.1) is 0 Å². The summed E-state index contributed by atoms with van der Waals surface area (Å²) in [5.74, 6) is -2.09. The molecule has 3 N–H and O–H groups in total. The van der Waals surface area contributed by atoms with E-state index in [1.54, 1.807) is 0 Å². The first-order valence-electron chi connectivity index (χ1n) is 5.85. The third-order valence-corrected chi connectivity index (χ3v) is 2.24. The molecular weight excluding hydrogens is 236 g/mol. The lowest BCUT2D eigenvalue weighted by atomic mass is 10.3. The van der Waals surface area contributed by atoms with Crippen LogP contribution in [0.4, 0.5) is 0 Å². The number of nitrogens with two attached hydrogens (primary N) is 1. The molecule has 7 nitrogen and oxygen atoms in total. The zero-order chi connectivity index (χ0) is 14.1. The fourth-order valence-electron chi connectivity index (χ4n) is 1.33. The standard InChI is InChI=1S/C11H22N4O3/c1-9(16)15(8-5-12)11(18)10(17)13-6-4-7-14(2)3/h4-8,12H2,1-3H3,(H,13,17). The first-order valence-corrected chi connectivity index (χ1v) is 5.85. The van der Waals surface area contributed by atoms with Crippen LogP contribution in [0.3, 0.4) is 0 Å². The van der Waals surface area contributed by atoms with Crippen molar-refractivity contribution < 1.29 is 14.4 Å². The second-order valence-corrected chi connectivity index (χ2v) is 4.18. The van der Waals surface area contributed by atoms with Crippen molar-refractivity contribution >= 4 is 17.7 Å². The van der Waals surface area contributed by atoms with Gasteiger partial charge >= 0.3 is 11.8 Å². The lowest BCUT2D eigenvalue weighted by Gasteiger charge is -2.17. The van der Waals surface area contributed by atoms with E-state index in [2.05, 4.69) is 5.32 Å². The molecule has 104 valence electrons. The minimum Gasteiger partial charge on any atom is -0.348 e. The number of carbonyl (C=O) groups is 3. The molecule has 0 aliphatic rings. The largest absolute Gasteiger partial charge is 0.348 e. The van der Waals surface area contributed by atoms with Crippen molar-refractivity contribution in [3.05, 3.63) is 0 Å². The van der Waals surface area contributed by atoms with Gasteiger partial charge in [0.2, 0.25) is 5.91 Å². The van der Waals surface area contributed by atoms with Crippen molar-refractivity contribution in [1.82, 2.24) is 15.1 Å². The number of rotatable bonds is 6. The predicted octanol–water partition coefficient (Wildman–Crippen LogP) is -1.61. The highest BCUT2D eigenvalue weighted by Crippen LogP contribution is 1.91. The fourth-order valence-corrected chi connectivity index (χ4v) is 1.33. The van der Waals surface area contributed by atoms with Gasteiger partial charge in [0, 0.05) is 26.6 Å². The molecular formula is C11H22N4O3. The van der Waals surface area contributed by atoms with Gasteiger partial charge in [-0.25, -0.2) is 0 Å². The first-order chi connectivity index (χ1) is 8.40. The SMILES string of the molecule is CC(=O)N(CCN)C(=O)C(=O)NCCCN(C)C. The smallest absolute Gasteiger partial charge is 0.318 e. The highest BCUT2D eigenvalue weighted by molar-refractivity contribution is 6.37. The molecule has 0 saturated carbocycles. The summed E-state index contributed by atoms with van der Waals surface area (Å²) in [6, 6.07) is 0. The number of carbonyl (C=O) groups excluding carboxylic acids is 3. The Bertz CT molecular complexity index is 305. The van der Waals surface area contributed by atoms with Gasteiger partial charge in [-0.05, 0) is 27.1 Å². The van der Waals surface area contributed by atoms with Crippen LogP contribution < -0.4 is 11.1 Å². The van der Waals surface area contributed by atoms with Crippen LogP contribution in [0.1, 0.15) is 13.3 Å². The second-order valence-electron chi connectivity index (χ2n) is 4.18. The minimum atomic E-state index is -0.849. The topological polar surface area (TPSA) is 95.7 Å². The fraction of sp³-hybridized carbons (Fsp3) is 0.727. The Labute approximate surface area is 107 Å². The molecule has 0 spiro atoms. The number of amides is 3. The lowest BCUT2D eigenvalue weighted by Crippen LogP contribution is -2.47. The number of nitrogens with zero attached hydrogens (tertiary/aromatic N) is 2. The average Bonchev–Trinajstić information content (AvgIpc) is 2.29. The van der Waals surface area contributed by atoms with E-state index in [0.29, 0.717) is 6.54 Å². The number of hydrogen-bond acceptors (Lipinski definition) is 5. The Morgan fingerprint density at radius 2 is 1.78 bits per heavy atom. The summed E-state index contributed by atoms with van der Waals surface area (Å²) in [6.07, 6.45) is 0.739. The van der Waals surface area contributed by atoms with Gasteiger partial charge in [-0.3, -0.25) is 19.3 Å². The first kappa shape index (κ1) is 16.5. The van der Waals surface area contributed by atoms with Gasteiger partial charge < -0.3 is 16.0 Å². The van der Waals surface area contributed by atoms with Crippen LogP contribution in [0.5, 0.6) is 0 Å². The summed E-state index contributed by atoms with van der Waals surface area (Å²) in [4.78, 5) is 37.1. The van der Waals surface area contributed by atoms with E-state index in [-0.39, 0.29) is 13.1 Å². The molecule has 0 aromatic carbocycles. The number of nitrogens with one attached hydrogen (secondary N) is 1. The third-order valence-electron chi connectivity index (χ3n) is 2.24. The molecule has 0 fully saturated rings. The molecule has 7 heteroatoms. The number of hydrogen-bond donors (Lipinski definition) is 2. The van der Waals surface area contributed by atoms with Gasteiger partial charge in [0.25, 0.3) is 0 Å². The van der Waals surface area contributed by atoms with E-state index < -0.39 is 17.7 Å². The average molecular weight is 258 g/mol. The van der Waals surface area contributed by atoms with Crippen LogP contribution in [0.15, 0.2) is 0 Å². The van der Waals surface area contributed by atoms with Gasteiger partial charge in [0.15, 0.2) is 0 Å². The summed E-state index contributed by atoms with van der Waals surface area (Å²) in [5.41, 5.74) is 5.28. The Morgan fingerprint density at radius 3 is 2.22 bits per heavy atom. The Kier molecular flexibility index (Phi) is 7.89. The predicted molar refractivity (Wildman–Crippen MR) is 67.6 cm³/mol. The quantitative estimate of drug-likeness (QED) is 0.441. The molecule has 0 aromatic heterocycles. The lowest BCUT2D eigenvalue weighted by molar-refractivity contribution is -0.151. The third kappa shape index (κ3) is 6.31. The normalized spacial score (nSPS) is 10.3. The maximum Gasteiger partial charge on any atom is 0.318 e. The van der Waals surface area contributed by atoms with E-state index in [0.717, 1.165) is 17.9 Å². The summed E-state index contributed by atoms with van der Waals surface area (Å²) in [6.45, 7) is 2.64. The maximum atomic E-state index is 11.6. The second kappa shape index (κ2) is 8.60. The zero-order valence-electron chi connectivity index (χ0n) is 11.2. The Balaban J connectivity index is 4.15. The number of imide groups is 1. The van der Waals surface area contributed by atoms with Gasteiger partial charge in [-0.2, -0.15) is 0 Å². The van der Waals surface area contributed by atoms with Gasteiger partial charge in [0.05, 0.1) is 0 Å². The molecule has 0 atom stereocenters. The Hall–Kier alpha value is -1.47. The summed E-state index contributed by atoms with van der Waals surface area (Å²) in [5, 5.41) is 2.48. The minimum absolute atomic E-state index is 0.0548. The molecule has 0 aliphatic heterocycles. The van der Waals surface area contributed by atoms with Crippen LogP contribution >= 0.6 is 0 Å². The maximum absolute atomic E-state index is 11.6. The molecule has 18 heavy (non-hydrogen) atoms. The van der Waals surface area contributed by atoms with Crippen molar-refractivity contribution in [3.63, 3.8) is 0 Å². The van der Waals surface area contributed by atoms with E-state index >= 15 is 0 Å². The van der Waals surface area contributed by atoms with Crippen molar-refractivity contribution in [2.45, 2.75) is 13.3 Å². The molecule has 0 unspecified atom stereocenters. The van der Waals surface area contributed by atoms with Crippen molar-refractivity contribution in [2.75, 3.05) is 40.3 Å². The molecule has 3 amide bonds. The van der Waals surface area contributed by atoms with E-state index in [9.17, 15) is 14.4 Å². The van der Waals surface area contributed by atoms with Crippen molar-refractivity contribution in [2.24, 2.45) is 5.73 Å². The molecule has 0 saturated heterocycles.